The van der Waals surface area contributed by atoms with Crippen LogP contribution in [0, 0.1) is 10.1 Å². The van der Waals surface area contributed by atoms with E-state index >= 15 is 0 Å². The topological polar surface area (TPSA) is 110 Å². The summed E-state index contributed by atoms with van der Waals surface area (Å²) in [5.74, 6) is 0.961. The molecule has 0 saturated heterocycles. The first-order valence-electron chi connectivity index (χ1n) is 11.0. The average Bonchev–Trinajstić information content (AvgIpc) is 2.84. The van der Waals surface area contributed by atoms with Crippen molar-refractivity contribution in [3.05, 3.63) is 101 Å². The Morgan fingerprint density at radius 2 is 1.47 bits per heavy atom. The van der Waals surface area contributed by atoms with Crippen molar-refractivity contribution in [1.29, 1.82) is 0 Å². The molecule has 0 amide bonds. The van der Waals surface area contributed by atoms with E-state index in [2.05, 4.69) is 44.2 Å². The Morgan fingerprint density at radius 1 is 0.882 bits per heavy atom. The largest absolute Gasteiger partial charge is 0.744 e. The number of likely N-dealkylation sites (N-methyl/N-ethyl adjacent to an activating group) is 1. The van der Waals surface area contributed by atoms with Crippen molar-refractivity contribution in [2.45, 2.75) is 25.3 Å². The highest BCUT2D eigenvalue weighted by molar-refractivity contribution is 7.85. The van der Waals surface area contributed by atoms with Gasteiger partial charge in [-0.1, -0.05) is 54.6 Å². The van der Waals surface area contributed by atoms with Gasteiger partial charge in [0, 0.05) is 17.7 Å². The van der Waals surface area contributed by atoms with Crippen LogP contribution in [0.4, 0.5) is 5.69 Å². The highest BCUT2D eigenvalue weighted by atomic mass is 32.2. The number of non-ortho nitro benzene ring substituents is 1. The molecule has 0 N–H and O–H groups in total. The van der Waals surface area contributed by atoms with Gasteiger partial charge < -0.3 is 13.8 Å². The minimum atomic E-state index is -4.61. The van der Waals surface area contributed by atoms with Gasteiger partial charge in [-0.3, -0.25) is 10.1 Å². The zero-order valence-corrected chi connectivity index (χ0v) is 20.2. The van der Waals surface area contributed by atoms with Crippen molar-refractivity contribution >= 4 is 15.8 Å². The van der Waals surface area contributed by atoms with Gasteiger partial charge in [-0.15, -0.1) is 0 Å². The Morgan fingerprint density at radius 3 is 2.00 bits per heavy atom. The maximum absolute atomic E-state index is 10.4. The highest BCUT2D eigenvalue weighted by Crippen LogP contribution is 2.17. The van der Waals surface area contributed by atoms with Crippen molar-refractivity contribution in [2.24, 2.45) is 0 Å². The molecule has 9 heteroatoms. The molecular formula is C25H30N2O6S. The molecule has 0 radical (unpaired) electrons. The first kappa shape index (κ1) is 27.0. The van der Waals surface area contributed by atoms with Crippen molar-refractivity contribution in [3.8, 4) is 5.75 Å². The van der Waals surface area contributed by atoms with E-state index in [4.69, 9.17) is 4.74 Å². The average molecular weight is 487 g/mol. The summed E-state index contributed by atoms with van der Waals surface area (Å²) in [6.07, 6.45) is 0. The number of nitro groups is 1. The number of para-hydroxylation sites is 1. The molecule has 3 rings (SSSR count). The Kier molecular flexibility index (Phi) is 10.2. The summed E-state index contributed by atoms with van der Waals surface area (Å²) in [6, 6.07) is 24.8. The molecule has 182 valence electrons. The summed E-state index contributed by atoms with van der Waals surface area (Å²) in [7, 11) is -4.61. The lowest BCUT2D eigenvalue weighted by Gasteiger charge is -2.36. The second kappa shape index (κ2) is 12.8. The monoisotopic (exact) mass is 486 g/mol. The standard InChI is InChI=1S/C19H26NO.C6H5NO5S/c1-3-20(4-2,17-18-11-7-5-8-12-18)15-16-21-19-13-9-6-10-14-19;8-7(9)5-2-1-3-6(4-5)13(10,11)12/h5-14H,3-4,15-17H2,1-2H3;1-4H,(H,10,11,12)/q+1;/p-1. The van der Waals surface area contributed by atoms with Crippen LogP contribution in [-0.2, 0) is 16.7 Å². The van der Waals surface area contributed by atoms with Crippen LogP contribution in [0.25, 0.3) is 0 Å². The van der Waals surface area contributed by atoms with Gasteiger partial charge >= 0.3 is 0 Å². The molecule has 0 spiro atoms. The lowest BCUT2D eigenvalue weighted by atomic mass is 10.2. The molecule has 0 unspecified atom stereocenters. The van der Waals surface area contributed by atoms with Crippen molar-refractivity contribution in [2.75, 3.05) is 26.2 Å². The van der Waals surface area contributed by atoms with E-state index in [-0.39, 0.29) is 0 Å². The van der Waals surface area contributed by atoms with E-state index in [1.165, 1.54) is 5.56 Å². The molecule has 34 heavy (non-hydrogen) atoms. The molecule has 0 saturated carbocycles. The molecule has 0 aromatic heterocycles. The summed E-state index contributed by atoms with van der Waals surface area (Å²) in [6.45, 7) is 9.68. The van der Waals surface area contributed by atoms with Gasteiger partial charge in [0.1, 0.15) is 35.6 Å². The van der Waals surface area contributed by atoms with E-state index in [1.807, 2.05) is 30.3 Å². The van der Waals surface area contributed by atoms with E-state index in [1.54, 1.807) is 0 Å². The molecule has 0 aliphatic heterocycles. The van der Waals surface area contributed by atoms with Crippen molar-refractivity contribution in [1.82, 2.24) is 0 Å². The molecule has 0 atom stereocenters. The minimum Gasteiger partial charge on any atom is -0.744 e. The number of ether oxygens (including phenoxy) is 1. The Labute approximate surface area is 200 Å². The lowest BCUT2D eigenvalue weighted by molar-refractivity contribution is -0.937. The van der Waals surface area contributed by atoms with Crippen LogP contribution in [0.1, 0.15) is 19.4 Å². The first-order valence-corrected chi connectivity index (χ1v) is 12.4. The van der Waals surface area contributed by atoms with Gasteiger partial charge in [-0.2, -0.15) is 0 Å². The predicted molar refractivity (Wildman–Crippen MR) is 129 cm³/mol. The summed E-state index contributed by atoms with van der Waals surface area (Å²) >= 11 is 0. The van der Waals surface area contributed by atoms with Crippen LogP contribution in [0.15, 0.2) is 89.8 Å². The number of rotatable bonds is 10. The van der Waals surface area contributed by atoms with Crippen LogP contribution >= 0.6 is 0 Å². The SMILES string of the molecule is CC[N+](CC)(CCOc1ccccc1)Cc1ccccc1.O=[N+]([O-])c1cccc(S(=O)(=O)[O-])c1. The fraction of sp³-hybridized carbons (Fsp3) is 0.280. The number of quaternary nitrogens is 1. The Balaban J connectivity index is 0.000000270. The second-order valence-corrected chi connectivity index (χ2v) is 9.09. The van der Waals surface area contributed by atoms with Crippen LogP contribution in [0.2, 0.25) is 0 Å². The Hall–Kier alpha value is -3.27. The zero-order chi connectivity index (χ0) is 25.0. The third kappa shape index (κ3) is 8.58. The molecule has 3 aromatic carbocycles. The summed E-state index contributed by atoms with van der Waals surface area (Å²) < 4.78 is 38.2. The van der Waals surface area contributed by atoms with Gasteiger partial charge in [0.15, 0.2) is 0 Å². The maximum atomic E-state index is 10.4. The van der Waals surface area contributed by atoms with Gasteiger partial charge in [0.2, 0.25) is 0 Å². The highest BCUT2D eigenvalue weighted by Gasteiger charge is 2.23. The third-order valence-corrected chi connectivity index (χ3v) is 6.43. The quantitative estimate of drug-likeness (QED) is 0.179. The van der Waals surface area contributed by atoms with Gasteiger partial charge in [0.25, 0.3) is 5.69 Å². The number of nitrogens with zero attached hydrogens (tertiary/aromatic N) is 2. The van der Waals surface area contributed by atoms with E-state index in [9.17, 15) is 23.1 Å². The summed E-state index contributed by atoms with van der Waals surface area (Å²) in [5, 5.41) is 10.2. The number of benzene rings is 3. The molecule has 0 aliphatic carbocycles. The smallest absolute Gasteiger partial charge is 0.270 e. The predicted octanol–water partition coefficient (Wildman–Crippen LogP) is 4.62. The van der Waals surface area contributed by atoms with Gasteiger partial charge in [0.05, 0.1) is 22.9 Å². The summed E-state index contributed by atoms with van der Waals surface area (Å²) in [5.41, 5.74) is 0.984. The zero-order valence-electron chi connectivity index (χ0n) is 19.4. The van der Waals surface area contributed by atoms with Crippen LogP contribution < -0.4 is 4.74 Å². The number of hydrogen-bond donors (Lipinski definition) is 0. The maximum Gasteiger partial charge on any atom is 0.270 e. The first-order chi connectivity index (χ1) is 16.2. The molecular weight excluding hydrogens is 456 g/mol. The molecule has 0 heterocycles. The molecule has 0 bridgehead atoms. The van der Waals surface area contributed by atoms with Gasteiger partial charge in [-0.05, 0) is 32.0 Å². The molecule has 8 nitrogen and oxygen atoms in total. The fourth-order valence-electron chi connectivity index (χ4n) is 3.44. The normalized spacial score (nSPS) is 11.3. The van der Waals surface area contributed by atoms with Gasteiger partial charge in [-0.25, -0.2) is 8.42 Å². The molecule has 0 aliphatic rings. The van der Waals surface area contributed by atoms with Crippen LogP contribution in [0.5, 0.6) is 5.75 Å². The van der Waals surface area contributed by atoms with E-state index in [0.717, 1.165) is 67.3 Å². The summed E-state index contributed by atoms with van der Waals surface area (Å²) in [4.78, 5) is 8.82. The van der Waals surface area contributed by atoms with Crippen molar-refractivity contribution < 1.29 is 27.1 Å². The molecule has 0 fully saturated rings. The van der Waals surface area contributed by atoms with Crippen LogP contribution in [-0.4, -0.2) is 48.6 Å². The van der Waals surface area contributed by atoms with Crippen molar-refractivity contribution in [3.63, 3.8) is 0 Å². The molecule has 3 aromatic rings. The number of hydrogen-bond acceptors (Lipinski definition) is 6. The lowest BCUT2D eigenvalue weighted by Crippen LogP contribution is -2.49. The van der Waals surface area contributed by atoms with Crippen LogP contribution in [0.3, 0.4) is 0 Å². The minimum absolute atomic E-state index is 0.420. The number of nitro benzene ring substituents is 1. The second-order valence-electron chi connectivity index (χ2n) is 7.71. The van der Waals surface area contributed by atoms with E-state index < -0.39 is 25.6 Å². The van der Waals surface area contributed by atoms with E-state index in [0.29, 0.717) is 0 Å². The fourth-order valence-corrected chi connectivity index (χ4v) is 3.95. The Bertz CT molecular complexity index is 1130. The third-order valence-electron chi connectivity index (χ3n) is 5.60.